The Labute approximate surface area is 116 Å². The number of β-amino-alcohol motifs (C(OH)–C–C–N with tert-alkyl or cyclic N) is 1. The van der Waals surface area contributed by atoms with E-state index in [4.69, 9.17) is 4.74 Å². The number of likely N-dealkylation sites (tertiary alicyclic amines) is 1. The molecule has 0 aliphatic carbocycles. The fourth-order valence-corrected chi connectivity index (χ4v) is 2.13. The van der Waals surface area contributed by atoms with Gasteiger partial charge in [-0.2, -0.15) is 0 Å². The Balaban J connectivity index is 2.35. The molecular weight excluding hydrogens is 244 g/mol. The largest absolute Gasteiger partial charge is 0.444 e. The van der Waals surface area contributed by atoms with Gasteiger partial charge in [-0.25, -0.2) is 4.79 Å². The number of carbonyl (C=O) groups excluding carboxylic acids is 1. The third-order valence-corrected chi connectivity index (χ3v) is 3.13. The van der Waals surface area contributed by atoms with Crippen molar-refractivity contribution in [2.75, 3.05) is 19.6 Å². The summed E-state index contributed by atoms with van der Waals surface area (Å²) in [7, 11) is 0. The van der Waals surface area contributed by atoms with Crippen LogP contribution >= 0.6 is 0 Å². The van der Waals surface area contributed by atoms with Crippen LogP contribution in [0.4, 0.5) is 4.79 Å². The number of rotatable bonds is 5. The highest BCUT2D eigenvalue weighted by Crippen LogP contribution is 2.15. The van der Waals surface area contributed by atoms with E-state index in [0.29, 0.717) is 13.1 Å². The molecule has 1 saturated heterocycles. The first-order valence-corrected chi connectivity index (χ1v) is 7.23. The summed E-state index contributed by atoms with van der Waals surface area (Å²) < 4.78 is 5.31. The Bertz CT molecular complexity index is 289. The van der Waals surface area contributed by atoms with Gasteiger partial charge in [-0.15, -0.1) is 0 Å². The molecule has 1 aliphatic rings. The van der Waals surface area contributed by atoms with E-state index >= 15 is 0 Å². The van der Waals surface area contributed by atoms with E-state index < -0.39 is 11.7 Å². The van der Waals surface area contributed by atoms with E-state index in [1.54, 1.807) is 4.90 Å². The predicted molar refractivity (Wildman–Crippen MR) is 75.1 cm³/mol. The summed E-state index contributed by atoms with van der Waals surface area (Å²) in [6.07, 6.45) is 2.62. The van der Waals surface area contributed by atoms with Gasteiger partial charge in [-0.3, -0.25) is 0 Å². The Hall–Kier alpha value is -0.810. The lowest BCUT2D eigenvalue weighted by molar-refractivity contribution is 0.0270. The number of aliphatic hydroxyl groups excluding tert-OH is 1. The molecule has 1 amide bonds. The second-order valence-electron chi connectivity index (χ2n) is 6.22. The predicted octanol–water partition coefficient (Wildman–Crippen LogP) is 1.75. The maximum absolute atomic E-state index is 11.9. The second kappa shape index (κ2) is 7.10. The summed E-state index contributed by atoms with van der Waals surface area (Å²) >= 11 is 0. The number of amides is 1. The van der Waals surface area contributed by atoms with Crippen molar-refractivity contribution >= 4 is 6.09 Å². The molecule has 19 heavy (non-hydrogen) atoms. The molecule has 2 N–H and O–H groups in total. The molecule has 1 fully saturated rings. The summed E-state index contributed by atoms with van der Waals surface area (Å²) in [6, 6.07) is -0.0376. The number of hydrogen-bond acceptors (Lipinski definition) is 4. The first-order chi connectivity index (χ1) is 8.83. The van der Waals surface area contributed by atoms with Crippen LogP contribution in [-0.4, -0.2) is 53.5 Å². The van der Waals surface area contributed by atoms with E-state index in [0.717, 1.165) is 13.0 Å². The third-order valence-electron chi connectivity index (χ3n) is 3.13. The first-order valence-electron chi connectivity index (χ1n) is 7.23. The summed E-state index contributed by atoms with van der Waals surface area (Å²) in [5, 5.41) is 13.3. The van der Waals surface area contributed by atoms with Crippen LogP contribution in [-0.2, 0) is 4.74 Å². The second-order valence-corrected chi connectivity index (χ2v) is 6.22. The molecule has 0 unspecified atom stereocenters. The van der Waals surface area contributed by atoms with Crippen molar-refractivity contribution in [3.05, 3.63) is 0 Å². The Kier molecular flexibility index (Phi) is 6.07. The smallest absolute Gasteiger partial charge is 0.410 e. The van der Waals surface area contributed by atoms with Crippen LogP contribution in [0, 0.1) is 0 Å². The number of hydrogen-bond donors (Lipinski definition) is 2. The third kappa shape index (κ3) is 5.78. The molecule has 0 spiro atoms. The number of nitrogens with zero attached hydrogens (tertiary/aromatic N) is 1. The number of nitrogens with one attached hydrogen (secondary N) is 1. The van der Waals surface area contributed by atoms with Crippen LogP contribution in [0.1, 0.15) is 47.0 Å². The molecule has 0 aromatic rings. The van der Waals surface area contributed by atoms with Gasteiger partial charge in [0.2, 0.25) is 0 Å². The molecular formula is C14H28N2O3. The number of ether oxygens (including phenoxy) is 1. The molecule has 0 bridgehead atoms. The van der Waals surface area contributed by atoms with E-state index in [-0.39, 0.29) is 12.1 Å². The Morgan fingerprint density at radius 2 is 2.05 bits per heavy atom. The molecule has 1 rings (SSSR count). The van der Waals surface area contributed by atoms with Gasteiger partial charge in [0.25, 0.3) is 0 Å². The van der Waals surface area contributed by atoms with E-state index in [1.165, 1.54) is 12.8 Å². The minimum absolute atomic E-state index is 0.0376. The molecule has 1 heterocycles. The normalized spacial score (nSPS) is 23.7. The van der Waals surface area contributed by atoms with Crippen LogP contribution in [0.15, 0.2) is 0 Å². The van der Waals surface area contributed by atoms with Crippen molar-refractivity contribution in [1.29, 1.82) is 0 Å². The number of aliphatic hydroxyl groups is 1. The van der Waals surface area contributed by atoms with Gasteiger partial charge in [0.1, 0.15) is 5.60 Å². The number of carbonyl (C=O) groups is 1. The molecule has 0 saturated carbocycles. The fourth-order valence-electron chi connectivity index (χ4n) is 2.13. The van der Waals surface area contributed by atoms with Gasteiger partial charge < -0.3 is 20.1 Å². The van der Waals surface area contributed by atoms with Crippen LogP contribution in [0.5, 0.6) is 0 Å². The fraction of sp³-hybridized carbons (Fsp3) is 0.929. The summed E-state index contributed by atoms with van der Waals surface area (Å²) in [5.74, 6) is 0. The molecule has 1 aliphatic heterocycles. The van der Waals surface area contributed by atoms with Gasteiger partial charge >= 0.3 is 6.09 Å². The molecule has 0 aromatic carbocycles. The Morgan fingerprint density at radius 3 is 2.63 bits per heavy atom. The SMILES string of the molecule is CCCCCN[C@@H]1CN(C(=O)OC(C)(C)C)C[C@H]1O. The average molecular weight is 272 g/mol. The van der Waals surface area contributed by atoms with Crippen molar-refractivity contribution in [1.82, 2.24) is 10.2 Å². The van der Waals surface area contributed by atoms with Crippen molar-refractivity contribution in [3.8, 4) is 0 Å². The lowest BCUT2D eigenvalue weighted by Gasteiger charge is -2.24. The number of unbranched alkanes of at least 4 members (excludes halogenated alkanes) is 2. The Morgan fingerprint density at radius 1 is 1.37 bits per heavy atom. The minimum Gasteiger partial charge on any atom is -0.444 e. The van der Waals surface area contributed by atoms with Crippen molar-refractivity contribution in [3.63, 3.8) is 0 Å². The highest BCUT2D eigenvalue weighted by atomic mass is 16.6. The highest BCUT2D eigenvalue weighted by molar-refractivity contribution is 5.68. The van der Waals surface area contributed by atoms with Gasteiger partial charge in [-0.1, -0.05) is 19.8 Å². The van der Waals surface area contributed by atoms with E-state index in [1.807, 2.05) is 20.8 Å². The summed E-state index contributed by atoms with van der Waals surface area (Å²) in [6.45, 7) is 9.45. The monoisotopic (exact) mass is 272 g/mol. The first kappa shape index (κ1) is 16.2. The average Bonchev–Trinajstić information content (AvgIpc) is 2.64. The minimum atomic E-state index is -0.505. The molecule has 5 nitrogen and oxygen atoms in total. The van der Waals surface area contributed by atoms with Gasteiger partial charge in [0.05, 0.1) is 18.7 Å². The lowest BCUT2D eigenvalue weighted by Crippen LogP contribution is -2.40. The maximum Gasteiger partial charge on any atom is 0.410 e. The highest BCUT2D eigenvalue weighted by Gasteiger charge is 2.35. The quantitative estimate of drug-likeness (QED) is 0.749. The standard InChI is InChI=1S/C14H28N2O3/c1-5-6-7-8-15-11-9-16(10-12(11)17)13(18)19-14(2,3)4/h11-12,15,17H,5-10H2,1-4H3/t11-,12-/m1/s1. The lowest BCUT2D eigenvalue weighted by atomic mass is 10.2. The van der Waals surface area contributed by atoms with Crippen molar-refractivity contribution < 1.29 is 14.6 Å². The molecule has 0 aromatic heterocycles. The summed E-state index contributed by atoms with van der Waals surface area (Å²) in [4.78, 5) is 13.5. The van der Waals surface area contributed by atoms with Crippen LogP contribution in [0.3, 0.4) is 0 Å². The van der Waals surface area contributed by atoms with Gasteiger partial charge in [0.15, 0.2) is 0 Å². The molecule has 0 radical (unpaired) electrons. The van der Waals surface area contributed by atoms with Crippen LogP contribution in [0.2, 0.25) is 0 Å². The van der Waals surface area contributed by atoms with Crippen LogP contribution in [0.25, 0.3) is 0 Å². The zero-order chi connectivity index (χ0) is 14.5. The molecule has 2 atom stereocenters. The maximum atomic E-state index is 11.9. The van der Waals surface area contributed by atoms with Gasteiger partial charge in [0, 0.05) is 6.54 Å². The van der Waals surface area contributed by atoms with E-state index in [9.17, 15) is 9.90 Å². The zero-order valence-electron chi connectivity index (χ0n) is 12.6. The van der Waals surface area contributed by atoms with Crippen LogP contribution < -0.4 is 5.32 Å². The van der Waals surface area contributed by atoms with Crippen molar-refractivity contribution in [2.24, 2.45) is 0 Å². The zero-order valence-corrected chi connectivity index (χ0v) is 12.6. The molecule has 5 heteroatoms. The van der Waals surface area contributed by atoms with Gasteiger partial charge in [-0.05, 0) is 33.7 Å². The molecule has 112 valence electrons. The van der Waals surface area contributed by atoms with Crippen molar-refractivity contribution in [2.45, 2.75) is 64.7 Å². The summed E-state index contributed by atoms with van der Waals surface area (Å²) in [5.41, 5.74) is -0.491. The topological polar surface area (TPSA) is 61.8 Å². The van der Waals surface area contributed by atoms with E-state index in [2.05, 4.69) is 12.2 Å².